The largest absolute Gasteiger partial charge is 0.450 e. The van der Waals surface area contributed by atoms with Crippen molar-refractivity contribution in [2.45, 2.75) is 9.99 Å². The van der Waals surface area contributed by atoms with Gasteiger partial charge in [-0.15, -0.1) is 0 Å². The van der Waals surface area contributed by atoms with E-state index in [9.17, 15) is 9.18 Å². The van der Waals surface area contributed by atoms with Crippen LogP contribution in [0.15, 0.2) is 80.0 Å². The first-order valence-electron chi connectivity index (χ1n) is 8.06. The summed E-state index contributed by atoms with van der Waals surface area (Å²) in [5.41, 5.74) is 0.407. The quantitative estimate of drug-likeness (QED) is 0.331. The number of thioether (sulfide) groups is 1. The molecule has 0 radical (unpaired) electrons. The van der Waals surface area contributed by atoms with Crippen LogP contribution in [-0.4, -0.2) is 10.2 Å². The minimum atomic E-state index is -0.426. The molecule has 0 aliphatic carbocycles. The van der Waals surface area contributed by atoms with E-state index >= 15 is 0 Å². The van der Waals surface area contributed by atoms with E-state index in [0.717, 1.165) is 16.7 Å². The van der Waals surface area contributed by atoms with Gasteiger partial charge in [-0.25, -0.2) is 4.39 Å². The van der Waals surface area contributed by atoms with Crippen LogP contribution in [0.3, 0.4) is 0 Å². The number of hydrogen-bond acceptors (Lipinski definition) is 5. The van der Waals surface area contributed by atoms with E-state index in [-0.39, 0.29) is 5.91 Å². The zero-order chi connectivity index (χ0) is 19.7. The van der Waals surface area contributed by atoms with Crippen molar-refractivity contribution in [3.63, 3.8) is 0 Å². The number of carbonyl (C=O) groups excluding carboxylic acids is 1. The Balaban J connectivity index is 1.53. The Hall–Kier alpha value is -2.06. The molecule has 0 saturated carbocycles. The Morgan fingerprint density at radius 3 is 2.68 bits per heavy atom. The molecule has 1 aliphatic heterocycles. The van der Waals surface area contributed by atoms with E-state index < -0.39 is 5.82 Å². The van der Waals surface area contributed by atoms with Gasteiger partial charge < -0.3 is 4.42 Å². The van der Waals surface area contributed by atoms with Crippen LogP contribution >= 0.6 is 47.3 Å². The van der Waals surface area contributed by atoms with Gasteiger partial charge in [0, 0.05) is 16.0 Å². The number of benzene rings is 2. The van der Waals surface area contributed by atoms with Gasteiger partial charge in [-0.3, -0.25) is 9.69 Å². The summed E-state index contributed by atoms with van der Waals surface area (Å²) in [5.74, 6) is -0.189. The van der Waals surface area contributed by atoms with Crippen LogP contribution in [0, 0.1) is 5.82 Å². The van der Waals surface area contributed by atoms with E-state index in [4.69, 9.17) is 28.2 Å². The number of furan rings is 1. The van der Waals surface area contributed by atoms with Gasteiger partial charge in [0.1, 0.15) is 11.6 Å². The monoisotopic (exact) mass is 447 g/mol. The lowest BCUT2D eigenvalue weighted by molar-refractivity contribution is -0.113. The highest BCUT2D eigenvalue weighted by atomic mass is 35.5. The Kier molecular flexibility index (Phi) is 5.59. The molecule has 4 rings (SSSR count). The Labute approximate surface area is 179 Å². The lowest BCUT2D eigenvalue weighted by Gasteiger charge is -2.14. The molecule has 0 bridgehead atoms. The van der Waals surface area contributed by atoms with E-state index in [0.29, 0.717) is 30.8 Å². The van der Waals surface area contributed by atoms with E-state index in [2.05, 4.69) is 0 Å². The first-order chi connectivity index (χ1) is 13.5. The number of amides is 1. The number of anilines is 1. The van der Waals surface area contributed by atoms with E-state index in [1.807, 2.05) is 30.3 Å². The number of hydrogen-bond donors (Lipinski definition) is 0. The molecular formula is C20H11ClFNO2S3. The Bertz CT molecular complexity index is 1090. The maximum atomic E-state index is 13.5. The van der Waals surface area contributed by atoms with Crippen molar-refractivity contribution in [1.82, 2.24) is 0 Å². The first kappa shape index (κ1) is 19.3. The van der Waals surface area contributed by atoms with Gasteiger partial charge in [-0.1, -0.05) is 53.4 Å². The standard InChI is InChI=1S/C20H11ClFNO2S3/c21-12-4-7-16(8-5-12)27-18-9-6-15(25-18)11-17-19(24)23(20(26)28-17)14-3-1-2-13(22)10-14/h1-11H/b17-11-. The zero-order valence-electron chi connectivity index (χ0n) is 14.1. The molecule has 0 N–H and O–H groups in total. The van der Waals surface area contributed by atoms with Crippen molar-refractivity contribution < 1.29 is 13.6 Å². The van der Waals surface area contributed by atoms with Crippen molar-refractivity contribution in [3.8, 4) is 0 Å². The normalized spacial score (nSPS) is 15.6. The first-order valence-corrected chi connectivity index (χ1v) is 10.5. The van der Waals surface area contributed by atoms with Gasteiger partial charge in [0.05, 0.1) is 10.6 Å². The fraction of sp³-hybridized carbons (Fsp3) is 0. The lowest BCUT2D eigenvalue weighted by atomic mass is 10.2. The molecule has 0 spiro atoms. The second kappa shape index (κ2) is 8.13. The van der Waals surface area contributed by atoms with Gasteiger partial charge >= 0.3 is 0 Å². The summed E-state index contributed by atoms with van der Waals surface area (Å²) in [6.45, 7) is 0. The van der Waals surface area contributed by atoms with Gasteiger partial charge in [0.15, 0.2) is 9.41 Å². The molecule has 1 saturated heterocycles. The molecule has 140 valence electrons. The zero-order valence-corrected chi connectivity index (χ0v) is 17.3. The van der Waals surface area contributed by atoms with Crippen LogP contribution in [0.5, 0.6) is 0 Å². The number of nitrogens with zero attached hydrogens (tertiary/aromatic N) is 1. The third kappa shape index (κ3) is 4.17. The molecule has 1 fully saturated rings. The predicted octanol–water partition coefficient (Wildman–Crippen LogP) is 6.63. The molecule has 2 heterocycles. The molecule has 1 amide bonds. The molecule has 3 nitrogen and oxygen atoms in total. The fourth-order valence-electron chi connectivity index (χ4n) is 2.52. The molecule has 0 unspecified atom stereocenters. The average molecular weight is 448 g/mol. The van der Waals surface area contributed by atoms with Gasteiger partial charge in [0.25, 0.3) is 5.91 Å². The molecule has 0 atom stereocenters. The molecule has 1 aliphatic rings. The van der Waals surface area contributed by atoms with E-state index in [1.54, 1.807) is 24.3 Å². The van der Waals surface area contributed by atoms with Crippen molar-refractivity contribution in [2.24, 2.45) is 0 Å². The molecular weight excluding hydrogens is 437 g/mol. The van der Waals surface area contributed by atoms with Crippen LogP contribution in [0.1, 0.15) is 5.76 Å². The highest BCUT2D eigenvalue weighted by Gasteiger charge is 2.33. The Morgan fingerprint density at radius 1 is 1.14 bits per heavy atom. The highest BCUT2D eigenvalue weighted by Crippen LogP contribution is 2.37. The third-order valence-corrected chi connectivity index (χ3v) is 6.25. The minimum Gasteiger partial charge on any atom is -0.450 e. The number of carbonyl (C=O) groups is 1. The van der Waals surface area contributed by atoms with Crippen LogP contribution in [0.25, 0.3) is 6.08 Å². The van der Waals surface area contributed by atoms with Crippen molar-refractivity contribution in [2.75, 3.05) is 4.90 Å². The lowest BCUT2D eigenvalue weighted by Crippen LogP contribution is -2.27. The summed E-state index contributed by atoms with van der Waals surface area (Å²) in [4.78, 5) is 15.5. The summed E-state index contributed by atoms with van der Waals surface area (Å²) < 4.78 is 19.6. The van der Waals surface area contributed by atoms with Crippen molar-refractivity contribution in [3.05, 3.63) is 82.2 Å². The van der Waals surface area contributed by atoms with Crippen LogP contribution < -0.4 is 4.90 Å². The summed E-state index contributed by atoms with van der Waals surface area (Å²) in [6, 6.07) is 16.8. The van der Waals surface area contributed by atoms with Crippen molar-refractivity contribution >= 4 is 69.3 Å². The van der Waals surface area contributed by atoms with Gasteiger partial charge in [-0.05, 0) is 54.6 Å². The topological polar surface area (TPSA) is 33.5 Å². The summed E-state index contributed by atoms with van der Waals surface area (Å²) in [7, 11) is 0. The fourth-order valence-corrected chi connectivity index (χ4v) is 4.70. The maximum absolute atomic E-state index is 13.5. The highest BCUT2D eigenvalue weighted by molar-refractivity contribution is 8.27. The molecule has 3 aromatic rings. The van der Waals surface area contributed by atoms with Crippen LogP contribution in [-0.2, 0) is 4.79 Å². The molecule has 8 heteroatoms. The summed E-state index contributed by atoms with van der Waals surface area (Å²) in [6.07, 6.45) is 1.64. The van der Waals surface area contributed by atoms with E-state index in [1.165, 1.54) is 28.8 Å². The molecule has 2 aromatic carbocycles. The van der Waals surface area contributed by atoms with Crippen molar-refractivity contribution in [1.29, 1.82) is 0 Å². The SMILES string of the molecule is O=C1/C(=C/c2ccc(Sc3ccc(Cl)cc3)o2)SC(=S)N1c1cccc(F)c1. The molecule has 1 aromatic heterocycles. The molecule has 28 heavy (non-hydrogen) atoms. The van der Waals surface area contributed by atoms with Gasteiger partial charge in [0.2, 0.25) is 0 Å². The number of rotatable bonds is 4. The summed E-state index contributed by atoms with van der Waals surface area (Å²) in [5, 5.41) is 1.36. The number of thiocarbonyl (C=S) groups is 1. The van der Waals surface area contributed by atoms with Gasteiger partial charge in [-0.2, -0.15) is 0 Å². The second-order valence-corrected chi connectivity index (χ2v) is 8.90. The smallest absolute Gasteiger partial charge is 0.270 e. The average Bonchev–Trinajstić information content (AvgIpc) is 3.21. The second-order valence-electron chi connectivity index (χ2n) is 5.71. The minimum absolute atomic E-state index is 0.302. The maximum Gasteiger partial charge on any atom is 0.270 e. The van der Waals surface area contributed by atoms with Crippen LogP contribution in [0.4, 0.5) is 10.1 Å². The van der Waals surface area contributed by atoms with Crippen LogP contribution in [0.2, 0.25) is 5.02 Å². The third-order valence-electron chi connectivity index (χ3n) is 3.77. The summed E-state index contributed by atoms with van der Waals surface area (Å²) >= 11 is 13.8. The Morgan fingerprint density at radius 2 is 1.93 bits per heavy atom. The number of halogens is 2. The predicted molar refractivity (Wildman–Crippen MR) is 116 cm³/mol.